The summed E-state index contributed by atoms with van der Waals surface area (Å²) in [5.41, 5.74) is 1.16. The van der Waals surface area contributed by atoms with Crippen molar-refractivity contribution < 1.29 is 19.1 Å². The number of benzene rings is 1. The van der Waals surface area contributed by atoms with Crippen LogP contribution in [0.1, 0.15) is 57.8 Å². The van der Waals surface area contributed by atoms with Crippen LogP contribution >= 0.6 is 0 Å². The maximum absolute atomic E-state index is 13.8. The quantitative estimate of drug-likeness (QED) is 0.593. The van der Waals surface area contributed by atoms with Crippen LogP contribution in [0.2, 0.25) is 0 Å². The zero-order valence-corrected chi connectivity index (χ0v) is 22.5. The van der Waals surface area contributed by atoms with Crippen LogP contribution in [0.4, 0.5) is 5.69 Å². The van der Waals surface area contributed by atoms with Crippen molar-refractivity contribution in [2.45, 2.75) is 65.6 Å². The number of amides is 2. The van der Waals surface area contributed by atoms with Crippen LogP contribution < -0.4 is 10.2 Å². The van der Waals surface area contributed by atoms with Crippen molar-refractivity contribution in [1.82, 2.24) is 15.1 Å². The van der Waals surface area contributed by atoms with E-state index in [9.17, 15) is 14.4 Å². The van der Waals surface area contributed by atoms with Gasteiger partial charge < -0.3 is 19.9 Å². The molecule has 3 aliphatic heterocycles. The molecule has 4 rings (SSSR count). The monoisotopic (exact) mass is 498 g/mol. The number of nitrogens with zero attached hydrogens (tertiary/aromatic N) is 3. The number of carbonyl (C=O) groups is 3. The topological polar surface area (TPSA) is 82.2 Å². The van der Waals surface area contributed by atoms with Crippen LogP contribution in [0.25, 0.3) is 0 Å². The fourth-order valence-corrected chi connectivity index (χ4v) is 5.66. The highest BCUT2D eigenvalue weighted by molar-refractivity contribution is 5.99. The molecule has 0 aromatic heterocycles. The Balaban J connectivity index is 1.45. The number of ketones is 1. The standard InChI is InChI=1S/C28H42N4O4/c1-6-12-30-13-15-31(16-14-30)21-10-8-20(9-11-21)26(34)29-25(28(4,5)7-2)27(35)32-17-19(3)24-23(32)22(33)18-36-24/h8-11,19,23-25H,6-7,12-18H2,1-5H3,(H,29,34)/t19-,23-,24-,25?/m1/s1. The Bertz CT molecular complexity index is 955. The van der Waals surface area contributed by atoms with Crippen molar-refractivity contribution in [3.05, 3.63) is 29.8 Å². The zero-order valence-electron chi connectivity index (χ0n) is 22.5. The van der Waals surface area contributed by atoms with Gasteiger partial charge in [0.05, 0.1) is 6.10 Å². The molecule has 0 spiro atoms. The number of Topliss-reactive ketones (excluding diaryl/α,β-unsaturated/α-hetero) is 1. The van der Waals surface area contributed by atoms with Crippen molar-refractivity contribution in [1.29, 1.82) is 0 Å². The van der Waals surface area contributed by atoms with Gasteiger partial charge in [-0.15, -0.1) is 0 Å². The molecule has 0 radical (unpaired) electrons. The minimum Gasteiger partial charge on any atom is -0.369 e. The Morgan fingerprint density at radius 1 is 1.11 bits per heavy atom. The van der Waals surface area contributed by atoms with E-state index in [-0.39, 0.29) is 36.2 Å². The number of rotatable bonds is 8. The molecule has 8 nitrogen and oxygen atoms in total. The number of fused-ring (bicyclic) bond motifs is 1. The van der Waals surface area contributed by atoms with Gasteiger partial charge in [0.2, 0.25) is 5.91 Å². The summed E-state index contributed by atoms with van der Waals surface area (Å²) in [6, 6.07) is 6.39. The fourth-order valence-electron chi connectivity index (χ4n) is 5.66. The lowest BCUT2D eigenvalue weighted by Gasteiger charge is -2.37. The maximum Gasteiger partial charge on any atom is 0.251 e. The van der Waals surface area contributed by atoms with Gasteiger partial charge in [0.15, 0.2) is 5.78 Å². The Morgan fingerprint density at radius 3 is 2.39 bits per heavy atom. The van der Waals surface area contributed by atoms with Crippen molar-refractivity contribution in [3.63, 3.8) is 0 Å². The molecule has 2 amide bonds. The molecule has 8 heteroatoms. The number of ether oxygens (including phenoxy) is 1. The molecule has 3 aliphatic rings. The first-order valence-corrected chi connectivity index (χ1v) is 13.5. The van der Waals surface area contributed by atoms with E-state index in [2.05, 4.69) is 22.0 Å². The summed E-state index contributed by atoms with van der Waals surface area (Å²) < 4.78 is 5.67. The van der Waals surface area contributed by atoms with E-state index in [1.165, 1.54) is 6.42 Å². The molecular formula is C28H42N4O4. The van der Waals surface area contributed by atoms with Gasteiger partial charge in [0.1, 0.15) is 18.7 Å². The van der Waals surface area contributed by atoms with Crippen LogP contribution in [0, 0.1) is 11.3 Å². The van der Waals surface area contributed by atoms with E-state index >= 15 is 0 Å². The Morgan fingerprint density at radius 2 is 1.78 bits per heavy atom. The molecule has 0 saturated carbocycles. The lowest BCUT2D eigenvalue weighted by Crippen LogP contribution is -2.57. The van der Waals surface area contributed by atoms with Gasteiger partial charge in [-0.25, -0.2) is 0 Å². The summed E-state index contributed by atoms with van der Waals surface area (Å²) in [5.74, 6) is -0.437. The first kappa shape index (κ1) is 26.6. The van der Waals surface area contributed by atoms with E-state index in [1.807, 2.05) is 52.0 Å². The third kappa shape index (κ3) is 5.30. The number of likely N-dealkylation sites (tertiary alicyclic amines) is 1. The second-order valence-corrected chi connectivity index (χ2v) is 11.3. The molecule has 3 heterocycles. The normalized spacial score (nSPS) is 25.7. The van der Waals surface area contributed by atoms with E-state index in [0.29, 0.717) is 18.5 Å². The highest BCUT2D eigenvalue weighted by Gasteiger charge is 2.52. The minimum atomic E-state index is -0.735. The molecule has 0 bridgehead atoms. The smallest absolute Gasteiger partial charge is 0.251 e. The molecule has 3 fully saturated rings. The molecule has 1 aromatic rings. The van der Waals surface area contributed by atoms with Crippen LogP contribution in [-0.2, 0) is 14.3 Å². The van der Waals surface area contributed by atoms with Crippen molar-refractivity contribution >= 4 is 23.3 Å². The summed E-state index contributed by atoms with van der Waals surface area (Å²) >= 11 is 0. The van der Waals surface area contributed by atoms with Gasteiger partial charge in [-0.1, -0.05) is 34.6 Å². The van der Waals surface area contributed by atoms with Crippen LogP contribution in [0.15, 0.2) is 24.3 Å². The highest BCUT2D eigenvalue weighted by atomic mass is 16.5. The minimum absolute atomic E-state index is 0.0526. The number of hydrogen-bond donors (Lipinski definition) is 1. The summed E-state index contributed by atoms with van der Waals surface area (Å²) in [5, 5.41) is 3.03. The summed E-state index contributed by atoms with van der Waals surface area (Å²) in [7, 11) is 0. The predicted molar refractivity (Wildman–Crippen MR) is 140 cm³/mol. The molecule has 1 aromatic carbocycles. The second-order valence-electron chi connectivity index (χ2n) is 11.3. The third-order valence-electron chi connectivity index (χ3n) is 8.35. The van der Waals surface area contributed by atoms with Gasteiger partial charge >= 0.3 is 0 Å². The van der Waals surface area contributed by atoms with Crippen molar-refractivity contribution in [2.75, 3.05) is 50.8 Å². The summed E-state index contributed by atoms with van der Waals surface area (Å²) in [4.78, 5) is 46.1. The van der Waals surface area contributed by atoms with Crippen LogP contribution in [0.3, 0.4) is 0 Å². The highest BCUT2D eigenvalue weighted by Crippen LogP contribution is 2.35. The molecule has 36 heavy (non-hydrogen) atoms. The number of nitrogens with one attached hydrogen (secondary N) is 1. The van der Waals surface area contributed by atoms with Gasteiger partial charge in [-0.2, -0.15) is 0 Å². The average molecular weight is 499 g/mol. The first-order valence-electron chi connectivity index (χ1n) is 13.5. The average Bonchev–Trinajstić information content (AvgIpc) is 3.43. The summed E-state index contributed by atoms with van der Waals surface area (Å²) in [6.07, 6.45) is 1.62. The van der Waals surface area contributed by atoms with Gasteiger partial charge in [-0.05, 0) is 49.1 Å². The molecule has 3 saturated heterocycles. The molecule has 1 unspecified atom stereocenters. The molecule has 4 atom stereocenters. The van der Waals surface area contributed by atoms with Gasteiger partial charge in [-0.3, -0.25) is 19.3 Å². The van der Waals surface area contributed by atoms with E-state index in [4.69, 9.17) is 4.74 Å². The number of anilines is 1. The SMILES string of the molecule is CCCN1CCN(c2ccc(C(=O)NC(C(=O)N3C[C@@H](C)[C@H]4OCC(=O)[C@H]43)C(C)(C)CC)cc2)CC1. The molecule has 198 valence electrons. The second kappa shape index (κ2) is 10.9. The van der Waals surface area contributed by atoms with Crippen molar-refractivity contribution in [3.8, 4) is 0 Å². The predicted octanol–water partition coefficient (Wildman–Crippen LogP) is 2.57. The maximum atomic E-state index is 13.8. The van der Waals surface area contributed by atoms with Gasteiger partial charge in [0.25, 0.3) is 5.91 Å². The Labute approximate surface area is 215 Å². The third-order valence-corrected chi connectivity index (χ3v) is 8.35. The van der Waals surface area contributed by atoms with Crippen molar-refractivity contribution in [2.24, 2.45) is 11.3 Å². The summed E-state index contributed by atoms with van der Waals surface area (Å²) in [6.45, 7) is 15.9. The number of carbonyl (C=O) groups excluding carboxylic acids is 3. The van der Waals surface area contributed by atoms with E-state index in [0.717, 1.165) is 38.4 Å². The van der Waals surface area contributed by atoms with E-state index in [1.54, 1.807) is 4.90 Å². The number of piperazine rings is 1. The lowest BCUT2D eigenvalue weighted by atomic mass is 9.80. The lowest BCUT2D eigenvalue weighted by molar-refractivity contribution is -0.140. The van der Waals surface area contributed by atoms with Crippen LogP contribution in [-0.4, -0.2) is 91.5 Å². The number of hydrogen-bond acceptors (Lipinski definition) is 6. The zero-order chi connectivity index (χ0) is 26.0. The first-order chi connectivity index (χ1) is 17.2. The van der Waals surface area contributed by atoms with Gasteiger partial charge in [0, 0.05) is 49.9 Å². The fraction of sp³-hybridized carbons (Fsp3) is 0.679. The Hall–Kier alpha value is -2.45. The molecule has 1 N–H and O–H groups in total. The van der Waals surface area contributed by atoms with E-state index < -0.39 is 17.5 Å². The largest absolute Gasteiger partial charge is 0.369 e. The van der Waals surface area contributed by atoms with Crippen LogP contribution in [0.5, 0.6) is 0 Å². The molecular weight excluding hydrogens is 456 g/mol. The molecule has 0 aliphatic carbocycles. The Kier molecular flexibility index (Phi) is 8.05.